The van der Waals surface area contributed by atoms with Gasteiger partial charge in [0.25, 0.3) is 5.91 Å². The molecule has 0 aliphatic rings. The molecule has 1 amide bonds. The fraction of sp³-hybridized carbons (Fsp3) is 0.176. The van der Waals surface area contributed by atoms with Crippen LogP contribution in [-0.2, 0) is 9.53 Å². The second-order valence-corrected chi connectivity index (χ2v) is 6.07. The first-order valence-corrected chi connectivity index (χ1v) is 8.04. The average molecular weight is 328 g/mol. The summed E-state index contributed by atoms with van der Waals surface area (Å²) in [5.41, 5.74) is 1.37. The lowest BCUT2D eigenvalue weighted by Crippen LogP contribution is -2.30. The lowest BCUT2D eigenvalue weighted by atomic mass is 10.1. The lowest BCUT2D eigenvalue weighted by molar-refractivity contribution is -0.141. The summed E-state index contributed by atoms with van der Waals surface area (Å²) >= 11 is 1.49. The van der Waals surface area contributed by atoms with Crippen molar-refractivity contribution in [2.45, 2.75) is 12.5 Å². The standard InChI is InChI=1S/C17H16N2O3S/c1-22-16(20)10-13(15-7-4-8-23-15)19-17(21)14-9-11-5-2-3-6-12(11)18-14/h2-9,13,18H,10H2,1H3,(H,19,21). The molecule has 118 valence electrons. The molecule has 1 aromatic carbocycles. The van der Waals surface area contributed by atoms with Crippen molar-refractivity contribution in [1.82, 2.24) is 10.3 Å². The van der Waals surface area contributed by atoms with Crippen molar-refractivity contribution >= 4 is 34.1 Å². The zero-order chi connectivity index (χ0) is 16.2. The quantitative estimate of drug-likeness (QED) is 0.706. The number of esters is 1. The fourth-order valence-corrected chi connectivity index (χ4v) is 3.17. The Kier molecular flexibility index (Phi) is 4.43. The van der Waals surface area contributed by atoms with E-state index in [1.165, 1.54) is 18.4 Å². The molecule has 3 aromatic rings. The van der Waals surface area contributed by atoms with E-state index in [0.29, 0.717) is 5.69 Å². The van der Waals surface area contributed by atoms with E-state index in [-0.39, 0.29) is 18.3 Å². The van der Waals surface area contributed by atoms with Gasteiger partial charge in [0.1, 0.15) is 5.69 Å². The maximum absolute atomic E-state index is 12.5. The van der Waals surface area contributed by atoms with Crippen molar-refractivity contribution < 1.29 is 14.3 Å². The maximum Gasteiger partial charge on any atom is 0.307 e. The largest absolute Gasteiger partial charge is 0.469 e. The summed E-state index contributed by atoms with van der Waals surface area (Å²) in [7, 11) is 1.34. The van der Waals surface area contributed by atoms with Gasteiger partial charge in [0.2, 0.25) is 0 Å². The summed E-state index contributed by atoms with van der Waals surface area (Å²) in [6.07, 6.45) is 0.100. The minimum atomic E-state index is -0.402. The third-order valence-electron chi connectivity index (χ3n) is 3.57. The van der Waals surface area contributed by atoms with Crippen LogP contribution in [0.2, 0.25) is 0 Å². The van der Waals surface area contributed by atoms with Gasteiger partial charge in [0.05, 0.1) is 19.6 Å². The number of aromatic nitrogens is 1. The SMILES string of the molecule is COC(=O)CC(NC(=O)c1cc2ccccc2[nH]1)c1cccs1. The Hall–Kier alpha value is -2.60. The summed E-state index contributed by atoms with van der Waals surface area (Å²) in [6, 6.07) is 12.9. The number of nitrogens with one attached hydrogen (secondary N) is 2. The van der Waals surface area contributed by atoms with Crippen molar-refractivity contribution in [2.75, 3.05) is 7.11 Å². The Bertz CT molecular complexity index is 790. The molecule has 0 aliphatic heterocycles. The van der Waals surface area contributed by atoms with Crippen molar-refractivity contribution in [3.63, 3.8) is 0 Å². The van der Waals surface area contributed by atoms with Crippen LogP contribution < -0.4 is 5.32 Å². The molecule has 0 spiro atoms. The number of hydrogen-bond donors (Lipinski definition) is 2. The summed E-state index contributed by atoms with van der Waals surface area (Å²) in [5, 5.41) is 5.78. The van der Waals surface area contributed by atoms with Crippen LogP contribution in [0.3, 0.4) is 0 Å². The van der Waals surface area contributed by atoms with Gasteiger partial charge in [-0.05, 0) is 23.6 Å². The number of hydrogen-bond acceptors (Lipinski definition) is 4. The molecule has 0 bridgehead atoms. The monoisotopic (exact) mass is 328 g/mol. The van der Waals surface area contributed by atoms with Crippen LogP contribution in [0, 0.1) is 0 Å². The van der Waals surface area contributed by atoms with Crippen LogP contribution in [0.25, 0.3) is 10.9 Å². The van der Waals surface area contributed by atoms with Gasteiger partial charge < -0.3 is 15.0 Å². The van der Waals surface area contributed by atoms with Crippen LogP contribution >= 0.6 is 11.3 Å². The Morgan fingerprint density at radius 1 is 1.26 bits per heavy atom. The molecule has 0 aliphatic carbocycles. The number of methoxy groups -OCH3 is 1. The predicted molar refractivity (Wildman–Crippen MR) is 89.5 cm³/mol. The first-order chi connectivity index (χ1) is 11.2. The maximum atomic E-state index is 12.5. The molecule has 2 N–H and O–H groups in total. The van der Waals surface area contributed by atoms with E-state index in [0.717, 1.165) is 15.8 Å². The number of benzene rings is 1. The number of fused-ring (bicyclic) bond motifs is 1. The number of rotatable bonds is 5. The molecule has 1 unspecified atom stereocenters. The highest BCUT2D eigenvalue weighted by molar-refractivity contribution is 7.10. The highest BCUT2D eigenvalue weighted by atomic mass is 32.1. The smallest absolute Gasteiger partial charge is 0.307 e. The predicted octanol–water partition coefficient (Wildman–Crippen LogP) is 3.26. The van der Waals surface area contributed by atoms with Crippen molar-refractivity contribution in [2.24, 2.45) is 0 Å². The number of para-hydroxylation sites is 1. The van der Waals surface area contributed by atoms with Crippen molar-refractivity contribution in [3.8, 4) is 0 Å². The molecule has 1 atom stereocenters. The molecule has 0 fully saturated rings. The first kappa shape index (κ1) is 15.3. The number of carbonyl (C=O) groups excluding carboxylic acids is 2. The minimum absolute atomic E-state index is 0.100. The van der Waals surface area contributed by atoms with Crippen molar-refractivity contribution in [3.05, 3.63) is 58.4 Å². The summed E-state index contributed by atoms with van der Waals surface area (Å²) in [6.45, 7) is 0. The summed E-state index contributed by atoms with van der Waals surface area (Å²) < 4.78 is 4.72. The van der Waals surface area contributed by atoms with Gasteiger partial charge in [0.15, 0.2) is 0 Å². The second-order valence-electron chi connectivity index (χ2n) is 5.09. The van der Waals surface area contributed by atoms with Crippen LogP contribution in [-0.4, -0.2) is 24.0 Å². The van der Waals surface area contributed by atoms with E-state index in [1.54, 1.807) is 6.07 Å². The van der Waals surface area contributed by atoms with Gasteiger partial charge >= 0.3 is 5.97 Å². The van der Waals surface area contributed by atoms with Gasteiger partial charge in [-0.25, -0.2) is 0 Å². The number of ether oxygens (including phenoxy) is 1. The van der Waals surface area contributed by atoms with E-state index in [1.807, 2.05) is 41.8 Å². The van der Waals surface area contributed by atoms with E-state index in [2.05, 4.69) is 10.3 Å². The number of carbonyl (C=O) groups is 2. The van der Waals surface area contributed by atoms with Crippen LogP contribution in [0.15, 0.2) is 47.8 Å². The molecular formula is C17H16N2O3S. The third kappa shape index (κ3) is 3.43. The molecule has 3 rings (SSSR count). The number of thiophene rings is 1. The third-order valence-corrected chi connectivity index (χ3v) is 4.55. The number of H-pyrrole nitrogens is 1. The fourth-order valence-electron chi connectivity index (χ4n) is 2.39. The molecule has 2 heterocycles. The van der Waals surface area contributed by atoms with Crippen LogP contribution in [0.4, 0.5) is 0 Å². The molecule has 6 heteroatoms. The van der Waals surface area contributed by atoms with E-state index < -0.39 is 6.04 Å². The van der Waals surface area contributed by atoms with Gasteiger partial charge in [-0.15, -0.1) is 11.3 Å². The van der Waals surface area contributed by atoms with Gasteiger partial charge in [-0.2, -0.15) is 0 Å². The molecule has 5 nitrogen and oxygen atoms in total. The second kappa shape index (κ2) is 6.66. The van der Waals surface area contributed by atoms with Crippen LogP contribution in [0.1, 0.15) is 27.8 Å². The van der Waals surface area contributed by atoms with E-state index in [9.17, 15) is 9.59 Å². The van der Waals surface area contributed by atoms with Crippen LogP contribution in [0.5, 0.6) is 0 Å². The Morgan fingerprint density at radius 2 is 2.09 bits per heavy atom. The van der Waals surface area contributed by atoms with E-state index >= 15 is 0 Å². The molecule has 2 aromatic heterocycles. The Balaban J connectivity index is 1.81. The van der Waals surface area contributed by atoms with Gasteiger partial charge in [0, 0.05) is 15.8 Å². The molecule has 23 heavy (non-hydrogen) atoms. The highest BCUT2D eigenvalue weighted by Crippen LogP contribution is 2.23. The minimum Gasteiger partial charge on any atom is -0.469 e. The Labute approximate surface area is 137 Å². The number of aromatic amines is 1. The zero-order valence-electron chi connectivity index (χ0n) is 12.5. The Morgan fingerprint density at radius 3 is 2.78 bits per heavy atom. The molecular weight excluding hydrogens is 312 g/mol. The average Bonchev–Trinajstić information content (AvgIpc) is 3.23. The normalized spacial score (nSPS) is 12.0. The molecule has 0 radical (unpaired) electrons. The lowest BCUT2D eigenvalue weighted by Gasteiger charge is -2.15. The molecule has 0 saturated carbocycles. The van der Waals surface area contributed by atoms with E-state index in [4.69, 9.17) is 4.74 Å². The van der Waals surface area contributed by atoms with Gasteiger partial charge in [-0.1, -0.05) is 24.3 Å². The summed E-state index contributed by atoms with van der Waals surface area (Å²) in [5.74, 6) is -0.608. The topological polar surface area (TPSA) is 71.2 Å². The molecule has 0 saturated heterocycles. The zero-order valence-corrected chi connectivity index (χ0v) is 13.4. The first-order valence-electron chi connectivity index (χ1n) is 7.16. The van der Waals surface area contributed by atoms with Gasteiger partial charge in [-0.3, -0.25) is 9.59 Å². The highest BCUT2D eigenvalue weighted by Gasteiger charge is 2.21. The van der Waals surface area contributed by atoms with Crippen molar-refractivity contribution in [1.29, 1.82) is 0 Å². The number of amides is 1. The summed E-state index contributed by atoms with van der Waals surface area (Å²) in [4.78, 5) is 28.1.